The molecule has 0 saturated carbocycles. The maximum Gasteiger partial charge on any atom is 0.0634 e. The minimum atomic E-state index is 1.18. The van der Waals surface area contributed by atoms with Crippen molar-refractivity contribution in [1.29, 1.82) is 0 Å². The predicted octanol–water partition coefficient (Wildman–Crippen LogP) is 11.9. The summed E-state index contributed by atoms with van der Waals surface area (Å²) in [6, 6.07) is 57.4. The molecule has 3 aromatic heterocycles. The first-order valence-corrected chi connectivity index (χ1v) is 16.2. The van der Waals surface area contributed by atoms with Gasteiger partial charge in [-0.15, -0.1) is 11.3 Å². The highest BCUT2D eigenvalue weighted by atomic mass is 32.1. The van der Waals surface area contributed by atoms with E-state index in [1.165, 1.54) is 86.3 Å². The molecule has 0 saturated heterocycles. The van der Waals surface area contributed by atoms with Crippen molar-refractivity contribution >= 4 is 75.1 Å². The van der Waals surface area contributed by atoms with E-state index in [-0.39, 0.29) is 0 Å². The van der Waals surface area contributed by atoms with Gasteiger partial charge in [-0.1, -0.05) is 109 Å². The Balaban J connectivity index is 1.32. The van der Waals surface area contributed by atoms with Crippen LogP contribution in [0, 0.1) is 0 Å². The quantitative estimate of drug-likeness (QED) is 0.194. The molecule has 10 rings (SSSR count). The van der Waals surface area contributed by atoms with Gasteiger partial charge in [-0.2, -0.15) is 0 Å². The van der Waals surface area contributed by atoms with Crippen LogP contribution in [0.25, 0.3) is 86.3 Å². The largest absolute Gasteiger partial charge is 0.309 e. The Morgan fingerprint density at radius 1 is 0.356 bits per heavy atom. The van der Waals surface area contributed by atoms with Crippen LogP contribution in [-0.4, -0.2) is 9.13 Å². The van der Waals surface area contributed by atoms with Crippen LogP contribution in [0.15, 0.2) is 158 Å². The van der Waals surface area contributed by atoms with Crippen LogP contribution in [0.1, 0.15) is 0 Å². The molecule has 0 amide bonds. The molecule has 0 radical (unpaired) electrons. The Bertz CT molecular complexity index is 2730. The number of para-hydroxylation sites is 3. The smallest absolute Gasteiger partial charge is 0.0634 e. The topological polar surface area (TPSA) is 9.86 Å². The van der Waals surface area contributed by atoms with Crippen molar-refractivity contribution < 1.29 is 0 Å². The van der Waals surface area contributed by atoms with Gasteiger partial charge in [0.15, 0.2) is 0 Å². The average molecular weight is 591 g/mol. The van der Waals surface area contributed by atoms with Crippen LogP contribution in [0.5, 0.6) is 0 Å². The molecule has 0 bridgehead atoms. The number of aromatic nitrogens is 2. The molecular formula is C42H26N2S. The van der Waals surface area contributed by atoms with E-state index in [9.17, 15) is 0 Å². The van der Waals surface area contributed by atoms with E-state index in [0.29, 0.717) is 0 Å². The summed E-state index contributed by atoms with van der Waals surface area (Å²) in [5.41, 5.74) is 9.81. The molecule has 45 heavy (non-hydrogen) atoms. The molecule has 2 nitrogen and oxygen atoms in total. The van der Waals surface area contributed by atoms with Crippen molar-refractivity contribution in [3.8, 4) is 22.5 Å². The zero-order valence-electron chi connectivity index (χ0n) is 24.3. The number of fused-ring (bicyclic) bond motifs is 11. The van der Waals surface area contributed by atoms with Crippen molar-refractivity contribution in [2.24, 2.45) is 0 Å². The van der Waals surface area contributed by atoms with E-state index in [1.807, 2.05) is 11.3 Å². The number of nitrogens with zero attached hydrogens (tertiary/aromatic N) is 2. The molecule has 0 N–H and O–H groups in total. The van der Waals surface area contributed by atoms with E-state index in [2.05, 4.69) is 167 Å². The zero-order chi connectivity index (χ0) is 29.5. The van der Waals surface area contributed by atoms with Gasteiger partial charge in [0.2, 0.25) is 0 Å². The van der Waals surface area contributed by atoms with Crippen LogP contribution in [0.4, 0.5) is 0 Å². The maximum absolute atomic E-state index is 2.48. The van der Waals surface area contributed by atoms with Crippen LogP contribution in [0.2, 0.25) is 0 Å². The number of thiophene rings is 1. The summed E-state index contributed by atoms with van der Waals surface area (Å²) in [5.74, 6) is 0. The normalized spacial score (nSPS) is 12.0. The first kappa shape index (κ1) is 24.8. The number of hydrogen-bond acceptors (Lipinski definition) is 1. The van der Waals surface area contributed by atoms with E-state index < -0.39 is 0 Å². The Labute approximate surface area is 263 Å². The van der Waals surface area contributed by atoms with Gasteiger partial charge in [-0.25, -0.2) is 0 Å². The van der Waals surface area contributed by atoms with E-state index in [4.69, 9.17) is 0 Å². The predicted molar refractivity (Wildman–Crippen MR) is 193 cm³/mol. The molecule has 0 aliphatic carbocycles. The molecule has 0 aliphatic heterocycles. The summed E-state index contributed by atoms with van der Waals surface area (Å²) in [5, 5.41) is 7.83. The molecule has 210 valence electrons. The minimum absolute atomic E-state index is 1.18. The van der Waals surface area contributed by atoms with Gasteiger partial charge in [0.1, 0.15) is 0 Å². The average Bonchev–Trinajstić information content (AvgIpc) is 3.76. The molecule has 0 fully saturated rings. The summed E-state index contributed by atoms with van der Waals surface area (Å²) in [6.07, 6.45) is 0. The lowest BCUT2D eigenvalue weighted by molar-refractivity contribution is 1.18. The van der Waals surface area contributed by atoms with Crippen molar-refractivity contribution in [3.05, 3.63) is 158 Å². The molecule has 0 aliphatic rings. The summed E-state index contributed by atoms with van der Waals surface area (Å²) < 4.78 is 7.55. The SMILES string of the molecule is c1ccc(-c2ccc(-n3c4ccccc4c4ccc5sc6c(ccc7c6c6ccccc6n7-c6ccccc6)c5c43)cc2)cc1. The highest BCUT2D eigenvalue weighted by molar-refractivity contribution is 7.27. The molecule has 3 heteroatoms. The molecule has 7 aromatic carbocycles. The van der Waals surface area contributed by atoms with Crippen LogP contribution in [-0.2, 0) is 0 Å². The van der Waals surface area contributed by atoms with Crippen molar-refractivity contribution in [2.45, 2.75) is 0 Å². The van der Waals surface area contributed by atoms with Crippen LogP contribution < -0.4 is 0 Å². The van der Waals surface area contributed by atoms with E-state index in [1.54, 1.807) is 0 Å². The van der Waals surface area contributed by atoms with Gasteiger partial charge in [-0.3, -0.25) is 0 Å². The standard InChI is InChI=1S/C42H26N2S/c1-3-11-27(12-4-1)28-19-21-30(22-20-28)44-35-17-9-7-15-31(35)32-24-26-38-40(41(32)44)34-23-25-37-39(42(34)45-38)33-16-8-10-18-36(33)43(37)29-13-5-2-6-14-29/h1-26H. The first-order chi connectivity index (χ1) is 22.3. The lowest BCUT2D eigenvalue weighted by Gasteiger charge is -2.10. The van der Waals surface area contributed by atoms with E-state index in [0.717, 1.165) is 0 Å². The lowest BCUT2D eigenvalue weighted by Crippen LogP contribution is -1.94. The zero-order valence-corrected chi connectivity index (χ0v) is 25.1. The second-order valence-corrected chi connectivity index (χ2v) is 12.8. The summed E-state index contributed by atoms with van der Waals surface area (Å²) >= 11 is 1.92. The van der Waals surface area contributed by atoms with Crippen LogP contribution >= 0.6 is 11.3 Å². The Kier molecular flexibility index (Phi) is 5.19. The molecule has 0 spiro atoms. The fourth-order valence-corrected chi connectivity index (χ4v) is 8.64. The van der Waals surface area contributed by atoms with Gasteiger partial charge in [0.05, 0.1) is 22.1 Å². The van der Waals surface area contributed by atoms with Gasteiger partial charge >= 0.3 is 0 Å². The fraction of sp³-hybridized carbons (Fsp3) is 0. The Morgan fingerprint density at radius 3 is 1.73 bits per heavy atom. The third-order valence-electron chi connectivity index (χ3n) is 9.32. The van der Waals surface area contributed by atoms with Gasteiger partial charge in [0.25, 0.3) is 0 Å². The highest BCUT2D eigenvalue weighted by Gasteiger charge is 2.21. The molecule has 0 atom stereocenters. The van der Waals surface area contributed by atoms with Crippen molar-refractivity contribution in [1.82, 2.24) is 9.13 Å². The minimum Gasteiger partial charge on any atom is -0.309 e. The lowest BCUT2D eigenvalue weighted by atomic mass is 10.0. The summed E-state index contributed by atoms with van der Waals surface area (Å²) in [7, 11) is 0. The molecule has 0 unspecified atom stereocenters. The fourth-order valence-electron chi connectivity index (χ4n) is 7.38. The second-order valence-electron chi connectivity index (χ2n) is 11.7. The number of hydrogen-bond donors (Lipinski definition) is 0. The summed E-state index contributed by atoms with van der Waals surface area (Å²) in [4.78, 5) is 0. The van der Waals surface area contributed by atoms with Crippen molar-refractivity contribution in [3.63, 3.8) is 0 Å². The van der Waals surface area contributed by atoms with Gasteiger partial charge in [0, 0.05) is 53.1 Å². The Hall–Kier alpha value is -5.64. The van der Waals surface area contributed by atoms with Crippen molar-refractivity contribution in [2.75, 3.05) is 0 Å². The highest BCUT2D eigenvalue weighted by Crippen LogP contribution is 2.47. The third kappa shape index (κ3) is 3.50. The Morgan fingerprint density at radius 2 is 0.956 bits per heavy atom. The second kappa shape index (κ2) is 9.43. The number of rotatable bonds is 3. The molecule has 10 aromatic rings. The summed E-state index contributed by atoms with van der Waals surface area (Å²) in [6.45, 7) is 0. The maximum atomic E-state index is 2.48. The number of benzene rings is 7. The molecule has 3 heterocycles. The van der Waals surface area contributed by atoms with Crippen LogP contribution in [0.3, 0.4) is 0 Å². The van der Waals surface area contributed by atoms with E-state index >= 15 is 0 Å². The molecular weight excluding hydrogens is 565 g/mol. The third-order valence-corrected chi connectivity index (χ3v) is 10.5. The van der Waals surface area contributed by atoms with Gasteiger partial charge < -0.3 is 9.13 Å². The van der Waals surface area contributed by atoms with Gasteiger partial charge in [-0.05, 0) is 59.7 Å². The monoisotopic (exact) mass is 590 g/mol. The first-order valence-electron chi connectivity index (χ1n) is 15.4.